The molecule has 2 fully saturated rings. The van der Waals surface area contributed by atoms with Crippen LogP contribution < -0.4 is 10.6 Å². The first-order chi connectivity index (χ1) is 18.5. The van der Waals surface area contributed by atoms with E-state index in [2.05, 4.69) is 50.1 Å². The molecule has 3 unspecified atom stereocenters. The van der Waals surface area contributed by atoms with Gasteiger partial charge in [-0.1, -0.05) is 37.5 Å². The van der Waals surface area contributed by atoms with Crippen molar-refractivity contribution in [3.8, 4) is 6.07 Å². The second kappa shape index (κ2) is 14.5. The molecule has 0 spiro atoms. The predicted octanol–water partition coefficient (Wildman–Crippen LogP) is 6.58. The van der Waals surface area contributed by atoms with Crippen LogP contribution in [0.3, 0.4) is 0 Å². The summed E-state index contributed by atoms with van der Waals surface area (Å²) < 4.78 is 13.6. The molecule has 218 valence electrons. The molecule has 0 bridgehead atoms. The Kier molecular flexibility index (Phi) is 11.9. The van der Waals surface area contributed by atoms with E-state index < -0.39 is 4.18 Å². The van der Waals surface area contributed by atoms with Gasteiger partial charge in [-0.2, -0.15) is 5.26 Å². The van der Waals surface area contributed by atoms with E-state index in [4.69, 9.17) is 5.41 Å². The lowest BCUT2D eigenvalue weighted by molar-refractivity contribution is 0.155. The Hall–Kier alpha value is -1.44. The Bertz CT molecular complexity index is 938. The molecular formula is C31H50FIN6. The summed E-state index contributed by atoms with van der Waals surface area (Å²) in [5, 5.41) is 26.1. The summed E-state index contributed by atoms with van der Waals surface area (Å²) >= 11 is 1.84. The molecule has 1 aliphatic heterocycles. The van der Waals surface area contributed by atoms with E-state index in [-0.39, 0.29) is 29.6 Å². The Morgan fingerprint density at radius 3 is 2.64 bits per heavy atom. The zero-order valence-electron chi connectivity index (χ0n) is 24.6. The Balaban J connectivity index is 1.93. The van der Waals surface area contributed by atoms with Gasteiger partial charge in [0.25, 0.3) is 0 Å². The molecule has 1 saturated heterocycles. The molecule has 3 N–H and O–H groups in total. The average Bonchev–Trinajstić information content (AvgIpc) is 3.25. The molecule has 0 radical (unpaired) electrons. The fraction of sp³-hybridized carbons (Fsp3) is 0.742. The largest absolute Gasteiger partial charge is 0.379 e. The third-order valence-corrected chi connectivity index (χ3v) is 10.1. The molecule has 8 heteroatoms. The topological polar surface area (TPSA) is 78.2 Å². The van der Waals surface area contributed by atoms with Crippen LogP contribution in [0.5, 0.6) is 0 Å². The van der Waals surface area contributed by atoms with E-state index in [0.29, 0.717) is 30.6 Å². The van der Waals surface area contributed by atoms with Crippen LogP contribution in [0.15, 0.2) is 36.2 Å². The standard InChI is InChI=1S/C31H50FIN6/c1-7-10-27(30(32)33)28(38(5)6)19-39(20-35)26-14-23(17-34)13-25(15-26)29(24-11-9-12-24)21(3)37-31(4)16-22(8-2)18-36-31/h7,15,19-24,26-27,29-30,35-37H,1,8-14,16,18H2,2-6H3/b28-19-,35-20?/t21-,22+,23-,26-,27?,29?,30?,31+/m1/s1. The highest BCUT2D eigenvalue weighted by molar-refractivity contribution is 14.1. The number of hydrogen-bond donors (Lipinski definition) is 3. The van der Waals surface area contributed by atoms with Crippen molar-refractivity contribution in [1.29, 1.82) is 10.7 Å². The Morgan fingerprint density at radius 2 is 2.15 bits per heavy atom. The quantitative estimate of drug-likeness (QED) is 0.0650. The van der Waals surface area contributed by atoms with Gasteiger partial charge in [-0.05, 0) is 99.3 Å². The van der Waals surface area contributed by atoms with Crippen molar-refractivity contribution in [3.05, 3.63) is 36.2 Å². The molecule has 3 aliphatic rings. The second-order valence-electron chi connectivity index (χ2n) is 12.4. The normalized spacial score (nSPS) is 30.8. The van der Waals surface area contributed by atoms with Crippen molar-refractivity contribution in [1.82, 2.24) is 20.4 Å². The summed E-state index contributed by atoms with van der Waals surface area (Å²) in [5.41, 5.74) is 2.10. The van der Waals surface area contributed by atoms with Crippen LogP contribution in [-0.4, -0.2) is 58.7 Å². The van der Waals surface area contributed by atoms with Gasteiger partial charge in [-0.3, -0.25) is 16.0 Å². The SMILES string of the molecule is C=CCC(/C(=C/N(C=N)[C@H]1C=C(C(C2CCC2)[C@@H](C)N[C@@]2(C)C[C@H](CC)CN2)C[C@@H](C#N)C1)N(C)C)C(F)I. The number of hydrogen-bond acceptors (Lipinski definition) is 5. The summed E-state index contributed by atoms with van der Waals surface area (Å²) in [6.07, 6.45) is 15.4. The van der Waals surface area contributed by atoms with Crippen LogP contribution in [0.4, 0.5) is 4.39 Å². The highest BCUT2D eigenvalue weighted by Gasteiger charge is 2.41. The van der Waals surface area contributed by atoms with E-state index in [1.807, 2.05) is 52.7 Å². The summed E-state index contributed by atoms with van der Waals surface area (Å²) in [6.45, 7) is 11.8. The van der Waals surface area contributed by atoms with Gasteiger partial charge in [0.2, 0.25) is 0 Å². The summed E-state index contributed by atoms with van der Waals surface area (Å²) in [6, 6.07) is 2.73. The monoisotopic (exact) mass is 652 g/mol. The van der Waals surface area contributed by atoms with E-state index in [1.165, 1.54) is 37.6 Å². The minimum atomic E-state index is -1.07. The first kappa shape index (κ1) is 32.1. The second-order valence-corrected chi connectivity index (χ2v) is 13.6. The predicted molar refractivity (Wildman–Crippen MR) is 168 cm³/mol. The smallest absolute Gasteiger partial charge is 0.159 e. The van der Waals surface area contributed by atoms with Crippen LogP contribution in [0.1, 0.15) is 72.1 Å². The molecule has 1 heterocycles. The van der Waals surface area contributed by atoms with E-state index in [0.717, 1.165) is 25.1 Å². The summed E-state index contributed by atoms with van der Waals surface area (Å²) in [7, 11) is 3.84. The molecule has 6 nitrogen and oxygen atoms in total. The molecule has 0 aromatic rings. The van der Waals surface area contributed by atoms with Gasteiger partial charge in [0.05, 0.1) is 30.0 Å². The van der Waals surface area contributed by atoms with Crippen molar-refractivity contribution in [3.63, 3.8) is 0 Å². The highest BCUT2D eigenvalue weighted by Crippen LogP contribution is 2.44. The third-order valence-electron chi connectivity index (χ3n) is 9.26. The molecule has 3 rings (SSSR count). The van der Waals surface area contributed by atoms with Crippen LogP contribution in [-0.2, 0) is 0 Å². The maximum atomic E-state index is 14.6. The molecule has 39 heavy (non-hydrogen) atoms. The molecule has 0 aromatic carbocycles. The summed E-state index contributed by atoms with van der Waals surface area (Å²) in [4.78, 5) is 3.82. The lowest BCUT2D eigenvalue weighted by Crippen LogP contribution is -2.57. The number of allylic oxidation sites excluding steroid dienone is 2. The highest BCUT2D eigenvalue weighted by atomic mass is 127. The number of nitrogens with one attached hydrogen (secondary N) is 3. The average molecular weight is 653 g/mol. The minimum absolute atomic E-state index is 0.0712. The van der Waals surface area contributed by atoms with Gasteiger partial charge in [-0.15, -0.1) is 6.58 Å². The third kappa shape index (κ3) is 8.07. The number of alkyl halides is 2. The molecule has 0 aromatic heterocycles. The zero-order valence-corrected chi connectivity index (χ0v) is 26.8. The maximum absolute atomic E-state index is 14.6. The van der Waals surface area contributed by atoms with Crippen molar-refractivity contribution >= 4 is 28.9 Å². The lowest BCUT2D eigenvalue weighted by Gasteiger charge is -2.44. The first-order valence-corrected chi connectivity index (χ1v) is 16.0. The van der Waals surface area contributed by atoms with E-state index >= 15 is 0 Å². The minimum Gasteiger partial charge on any atom is -0.379 e. The molecule has 2 aliphatic carbocycles. The van der Waals surface area contributed by atoms with Crippen molar-refractivity contribution in [2.75, 3.05) is 20.6 Å². The van der Waals surface area contributed by atoms with E-state index in [1.54, 1.807) is 6.08 Å². The first-order valence-electron chi connectivity index (χ1n) is 14.7. The van der Waals surface area contributed by atoms with Gasteiger partial charge in [0.15, 0.2) is 4.18 Å². The Morgan fingerprint density at radius 1 is 1.44 bits per heavy atom. The van der Waals surface area contributed by atoms with Crippen LogP contribution >= 0.6 is 22.6 Å². The number of rotatable bonds is 14. The number of nitriles is 1. The van der Waals surface area contributed by atoms with Crippen molar-refractivity contribution < 1.29 is 4.39 Å². The molecule has 1 saturated carbocycles. The van der Waals surface area contributed by atoms with Crippen LogP contribution in [0.2, 0.25) is 0 Å². The van der Waals surface area contributed by atoms with Gasteiger partial charge in [0, 0.05) is 38.0 Å². The summed E-state index contributed by atoms with van der Waals surface area (Å²) in [5.74, 6) is 1.23. The molecule has 8 atom stereocenters. The van der Waals surface area contributed by atoms with Gasteiger partial charge in [0.1, 0.15) is 0 Å². The molecule has 0 amide bonds. The fourth-order valence-corrected chi connectivity index (χ4v) is 7.63. The fourth-order valence-electron chi connectivity index (χ4n) is 6.97. The van der Waals surface area contributed by atoms with Crippen molar-refractivity contribution in [2.24, 2.45) is 29.6 Å². The number of nitrogens with zero attached hydrogens (tertiary/aromatic N) is 3. The van der Waals surface area contributed by atoms with E-state index in [9.17, 15) is 9.65 Å². The Labute approximate surface area is 250 Å². The van der Waals surface area contributed by atoms with Gasteiger partial charge >= 0.3 is 0 Å². The lowest BCUT2D eigenvalue weighted by atomic mass is 9.66. The molecular weight excluding hydrogens is 602 g/mol. The van der Waals surface area contributed by atoms with Crippen LogP contribution in [0, 0.1) is 46.3 Å². The van der Waals surface area contributed by atoms with Gasteiger partial charge < -0.3 is 9.80 Å². The van der Waals surface area contributed by atoms with Gasteiger partial charge in [-0.25, -0.2) is 4.39 Å². The number of halogens is 2. The van der Waals surface area contributed by atoms with Crippen molar-refractivity contribution in [2.45, 2.75) is 94.1 Å². The maximum Gasteiger partial charge on any atom is 0.159 e. The van der Waals surface area contributed by atoms with Crippen LogP contribution in [0.25, 0.3) is 0 Å². The zero-order chi connectivity index (χ0) is 28.7.